The molecule has 0 aliphatic rings. The molecule has 1 heterocycles. The van der Waals surface area contributed by atoms with Crippen LogP contribution < -0.4 is 17.2 Å². The summed E-state index contributed by atoms with van der Waals surface area (Å²) in [6.07, 6.45) is 3.23. The summed E-state index contributed by atoms with van der Waals surface area (Å²) in [6.45, 7) is 0.397. The van der Waals surface area contributed by atoms with E-state index in [-0.39, 0.29) is 6.04 Å². The highest BCUT2D eigenvalue weighted by Gasteiger charge is 2.05. The van der Waals surface area contributed by atoms with E-state index in [1.165, 1.54) is 0 Å². The monoisotopic (exact) mass is 152 g/mol. The van der Waals surface area contributed by atoms with Gasteiger partial charge in [0, 0.05) is 18.8 Å². The number of nitrogens with zero attached hydrogens (tertiary/aromatic N) is 1. The second-order valence-corrected chi connectivity index (χ2v) is 2.35. The quantitative estimate of drug-likeness (QED) is 0.539. The van der Waals surface area contributed by atoms with Crippen molar-refractivity contribution in [3.63, 3.8) is 0 Å². The maximum atomic E-state index is 5.66. The van der Waals surface area contributed by atoms with E-state index in [2.05, 4.69) is 4.98 Å². The van der Waals surface area contributed by atoms with Crippen molar-refractivity contribution in [1.29, 1.82) is 0 Å². The molecular weight excluding hydrogens is 140 g/mol. The lowest BCUT2D eigenvalue weighted by Crippen LogP contribution is -2.21. The number of aromatic nitrogens is 1. The molecule has 0 aliphatic carbocycles. The van der Waals surface area contributed by atoms with Crippen LogP contribution in [0.15, 0.2) is 18.5 Å². The largest absolute Gasteiger partial charge is 0.397 e. The topological polar surface area (TPSA) is 91.0 Å². The Labute approximate surface area is 65.4 Å². The molecule has 1 unspecified atom stereocenters. The van der Waals surface area contributed by atoms with Crippen molar-refractivity contribution in [3.05, 3.63) is 24.0 Å². The van der Waals surface area contributed by atoms with Crippen LogP contribution in [0, 0.1) is 0 Å². The average Bonchev–Trinajstić information content (AvgIpc) is 2.04. The van der Waals surface area contributed by atoms with Crippen LogP contribution in [-0.2, 0) is 0 Å². The Morgan fingerprint density at radius 3 is 2.82 bits per heavy atom. The predicted molar refractivity (Wildman–Crippen MR) is 44.6 cm³/mol. The first-order valence-corrected chi connectivity index (χ1v) is 3.40. The number of pyridine rings is 1. The Morgan fingerprint density at radius 2 is 2.27 bits per heavy atom. The van der Waals surface area contributed by atoms with Gasteiger partial charge in [0.1, 0.15) is 0 Å². The number of nitrogens with two attached hydrogens (primary N) is 3. The second kappa shape index (κ2) is 3.32. The Hall–Kier alpha value is -1.13. The van der Waals surface area contributed by atoms with Crippen molar-refractivity contribution in [1.82, 2.24) is 4.98 Å². The Morgan fingerprint density at radius 1 is 1.55 bits per heavy atom. The van der Waals surface area contributed by atoms with Gasteiger partial charge in [0.15, 0.2) is 0 Å². The maximum Gasteiger partial charge on any atom is 0.0549 e. The highest BCUT2D eigenvalue weighted by Crippen LogP contribution is 2.14. The smallest absolute Gasteiger partial charge is 0.0549 e. The first-order chi connectivity index (χ1) is 5.25. The van der Waals surface area contributed by atoms with Crippen LogP contribution in [0.5, 0.6) is 0 Å². The molecule has 0 saturated heterocycles. The molecule has 1 aromatic rings. The molecule has 0 radical (unpaired) electrons. The molecule has 1 aromatic heterocycles. The molecule has 0 saturated carbocycles. The summed E-state index contributed by atoms with van der Waals surface area (Å²) in [5.41, 5.74) is 18.1. The van der Waals surface area contributed by atoms with Crippen LogP contribution >= 0.6 is 0 Å². The molecule has 11 heavy (non-hydrogen) atoms. The lowest BCUT2D eigenvalue weighted by Gasteiger charge is -2.10. The summed E-state index contributed by atoms with van der Waals surface area (Å²) in [4.78, 5) is 3.84. The standard InChI is InChI=1S/C7H12N4/c8-3-6(9)5-1-2-11-4-7(5)10/h1-2,4,6H,3,8-10H2. The minimum Gasteiger partial charge on any atom is -0.397 e. The van der Waals surface area contributed by atoms with E-state index in [0.29, 0.717) is 12.2 Å². The molecule has 0 bridgehead atoms. The Bertz CT molecular complexity index is 236. The number of hydrogen-bond acceptors (Lipinski definition) is 4. The summed E-state index contributed by atoms with van der Waals surface area (Å²) >= 11 is 0. The molecule has 6 N–H and O–H groups in total. The molecule has 4 nitrogen and oxygen atoms in total. The van der Waals surface area contributed by atoms with Crippen LogP contribution in [0.1, 0.15) is 11.6 Å². The van der Waals surface area contributed by atoms with Crippen molar-refractivity contribution in [3.8, 4) is 0 Å². The first kappa shape index (κ1) is 7.97. The minimum absolute atomic E-state index is 0.182. The van der Waals surface area contributed by atoms with Gasteiger partial charge in [0.25, 0.3) is 0 Å². The molecule has 0 amide bonds. The highest BCUT2D eigenvalue weighted by molar-refractivity contribution is 5.45. The van der Waals surface area contributed by atoms with E-state index in [1.807, 2.05) is 0 Å². The number of rotatable bonds is 2. The summed E-state index contributed by atoms with van der Waals surface area (Å²) < 4.78 is 0. The Balaban J connectivity index is 2.93. The average molecular weight is 152 g/mol. The fourth-order valence-electron chi connectivity index (χ4n) is 0.882. The van der Waals surface area contributed by atoms with E-state index in [1.54, 1.807) is 18.5 Å². The SMILES string of the molecule is NCC(N)c1ccncc1N. The molecule has 0 spiro atoms. The fraction of sp³-hybridized carbons (Fsp3) is 0.286. The van der Waals surface area contributed by atoms with Crippen molar-refractivity contribution >= 4 is 5.69 Å². The van der Waals surface area contributed by atoms with Crippen molar-refractivity contribution in [2.24, 2.45) is 11.5 Å². The number of nitrogen functional groups attached to an aromatic ring is 1. The summed E-state index contributed by atoms with van der Waals surface area (Å²) in [6, 6.07) is 1.60. The predicted octanol–water partition coefficient (Wildman–Crippen LogP) is -0.378. The third-order valence-electron chi connectivity index (χ3n) is 1.54. The lowest BCUT2D eigenvalue weighted by molar-refractivity contribution is 0.738. The van der Waals surface area contributed by atoms with E-state index in [9.17, 15) is 0 Å². The van der Waals surface area contributed by atoms with Crippen LogP contribution in [0.4, 0.5) is 5.69 Å². The zero-order valence-electron chi connectivity index (χ0n) is 6.20. The van der Waals surface area contributed by atoms with Crippen molar-refractivity contribution < 1.29 is 0 Å². The summed E-state index contributed by atoms with van der Waals surface area (Å²) in [5, 5.41) is 0. The second-order valence-electron chi connectivity index (χ2n) is 2.35. The van der Waals surface area contributed by atoms with E-state index < -0.39 is 0 Å². The molecule has 4 heteroatoms. The lowest BCUT2D eigenvalue weighted by atomic mass is 10.1. The van der Waals surface area contributed by atoms with Gasteiger partial charge in [0.05, 0.1) is 11.9 Å². The molecular formula is C7H12N4. The number of hydrogen-bond donors (Lipinski definition) is 3. The van der Waals surface area contributed by atoms with Crippen LogP contribution in [0.3, 0.4) is 0 Å². The molecule has 0 aromatic carbocycles. The van der Waals surface area contributed by atoms with Gasteiger partial charge in [0.2, 0.25) is 0 Å². The first-order valence-electron chi connectivity index (χ1n) is 3.40. The summed E-state index contributed by atoms with van der Waals surface area (Å²) in [5.74, 6) is 0. The Kier molecular flexibility index (Phi) is 2.40. The third kappa shape index (κ3) is 1.66. The van der Waals surface area contributed by atoms with Crippen molar-refractivity contribution in [2.45, 2.75) is 6.04 Å². The van der Waals surface area contributed by atoms with E-state index in [4.69, 9.17) is 17.2 Å². The molecule has 60 valence electrons. The van der Waals surface area contributed by atoms with Gasteiger partial charge in [-0.15, -0.1) is 0 Å². The molecule has 1 rings (SSSR count). The molecule has 0 fully saturated rings. The van der Waals surface area contributed by atoms with Crippen LogP contribution in [0.25, 0.3) is 0 Å². The van der Waals surface area contributed by atoms with Gasteiger partial charge in [-0.25, -0.2) is 0 Å². The normalized spacial score (nSPS) is 12.9. The minimum atomic E-state index is -0.182. The zero-order valence-corrected chi connectivity index (χ0v) is 6.20. The molecule has 1 atom stereocenters. The van der Waals surface area contributed by atoms with Gasteiger partial charge in [-0.2, -0.15) is 0 Å². The van der Waals surface area contributed by atoms with Crippen molar-refractivity contribution in [2.75, 3.05) is 12.3 Å². The fourth-order valence-corrected chi connectivity index (χ4v) is 0.882. The van der Waals surface area contributed by atoms with Crippen LogP contribution in [-0.4, -0.2) is 11.5 Å². The van der Waals surface area contributed by atoms with Gasteiger partial charge in [-0.3, -0.25) is 4.98 Å². The van der Waals surface area contributed by atoms with E-state index >= 15 is 0 Å². The van der Waals surface area contributed by atoms with Crippen LogP contribution in [0.2, 0.25) is 0 Å². The molecule has 0 aliphatic heterocycles. The van der Waals surface area contributed by atoms with Gasteiger partial charge < -0.3 is 17.2 Å². The maximum absolute atomic E-state index is 5.66. The highest BCUT2D eigenvalue weighted by atomic mass is 14.8. The number of anilines is 1. The third-order valence-corrected chi connectivity index (χ3v) is 1.54. The van der Waals surface area contributed by atoms with E-state index in [0.717, 1.165) is 5.56 Å². The zero-order chi connectivity index (χ0) is 8.27. The van der Waals surface area contributed by atoms with Gasteiger partial charge in [-0.1, -0.05) is 0 Å². The van der Waals surface area contributed by atoms with Gasteiger partial charge in [-0.05, 0) is 11.6 Å². The van der Waals surface area contributed by atoms with Gasteiger partial charge >= 0.3 is 0 Å². The summed E-state index contributed by atoms with van der Waals surface area (Å²) in [7, 11) is 0.